The van der Waals surface area contributed by atoms with Gasteiger partial charge in [-0.3, -0.25) is 0 Å². The van der Waals surface area contributed by atoms with Gasteiger partial charge in [0.05, 0.1) is 0 Å². The lowest BCUT2D eigenvalue weighted by Crippen LogP contribution is -2.28. The lowest BCUT2D eigenvalue weighted by Gasteiger charge is -2.18. The Labute approximate surface area is 129 Å². The van der Waals surface area contributed by atoms with Crippen LogP contribution in [0.15, 0.2) is 48.5 Å². The molecule has 104 valence electrons. The second kappa shape index (κ2) is 5.65. The van der Waals surface area contributed by atoms with Crippen molar-refractivity contribution < 1.29 is 0 Å². The Morgan fingerprint density at radius 2 is 1.75 bits per heavy atom. The van der Waals surface area contributed by atoms with Crippen LogP contribution in [0.4, 0.5) is 5.69 Å². The van der Waals surface area contributed by atoms with Crippen molar-refractivity contribution in [3.63, 3.8) is 0 Å². The number of benzene rings is 2. The third kappa shape index (κ3) is 2.64. The van der Waals surface area contributed by atoms with Gasteiger partial charge in [-0.1, -0.05) is 47.5 Å². The lowest BCUT2D eigenvalue weighted by atomic mass is 9.95. The first-order valence-electron chi connectivity index (χ1n) is 6.65. The van der Waals surface area contributed by atoms with Gasteiger partial charge in [0.15, 0.2) is 0 Å². The Morgan fingerprint density at radius 1 is 1.00 bits per heavy atom. The number of anilines is 1. The Morgan fingerprint density at radius 3 is 2.45 bits per heavy atom. The fourth-order valence-electron chi connectivity index (χ4n) is 2.81. The van der Waals surface area contributed by atoms with E-state index in [-0.39, 0.29) is 12.0 Å². The predicted octanol–water partition coefficient (Wildman–Crippen LogP) is 3.92. The number of para-hydroxylation sites is 1. The number of hydrogen-bond donors (Lipinski definition) is 1. The fourth-order valence-corrected chi connectivity index (χ4v) is 3.36. The minimum absolute atomic E-state index is 0.0777. The first kappa shape index (κ1) is 13.7. The maximum absolute atomic E-state index is 6.31. The minimum Gasteiger partial charge on any atom is -0.369 e. The van der Waals surface area contributed by atoms with E-state index in [1.54, 1.807) is 6.07 Å². The van der Waals surface area contributed by atoms with Crippen molar-refractivity contribution in [3.05, 3.63) is 64.1 Å². The molecule has 4 heteroatoms. The molecular formula is C16H16Cl2N2. The van der Waals surface area contributed by atoms with Gasteiger partial charge < -0.3 is 10.6 Å². The summed E-state index contributed by atoms with van der Waals surface area (Å²) in [5.74, 6) is 0.236. The summed E-state index contributed by atoms with van der Waals surface area (Å²) in [6.07, 6.45) is 0. The van der Waals surface area contributed by atoms with Gasteiger partial charge >= 0.3 is 0 Å². The van der Waals surface area contributed by atoms with Crippen molar-refractivity contribution in [1.82, 2.24) is 0 Å². The second-order valence-corrected chi connectivity index (χ2v) is 6.02. The van der Waals surface area contributed by atoms with E-state index in [0.29, 0.717) is 10.0 Å². The molecule has 2 unspecified atom stereocenters. The highest BCUT2D eigenvalue weighted by Gasteiger charge is 2.32. The maximum atomic E-state index is 6.31. The van der Waals surface area contributed by atoms with E-state index in [1.807, 2.05) is 30.3 Å². The summed E-state index contributed by atoms with van der Waals surface area (Å²) in [5.41, 5.74) is 8.60. The van der Waals surface area contributed by atoms with E-state index in [1.165, 1.54) is 5.69 Å². The molecule has 0 bridgehead atoms. The standard InChI is InChI=1S/C16H16Cl2N2/c17-11-6-7-13(15(18)8-11)14-9-20(10-16(14)19)12-4-2-1-3-5-12/h1-8,14,16H,9-10,19H2. The molecular weight excluding hydrogens is 291 g/mol. The Bertz CT molecular complexity index is 601. The molecule has 0 saturated carbocycles. The van der Waals surface area contributed by atoms with E-state index in [4.69, 9.17) is 28.9 Å². The molecule has 2 aromatic rings. The molecule has 1 aliphatic heterocycles. The van der Waals surface area contributed by atoms with Crippen LogP contribution in [-0.2, 0) is 0 Å². The second-order valence-electron chi connectivity index (χ2n) is 5.18. The molecule has 1 saturated heterocycles. The molecule has 1 heterocycles. The normalized spacial score (nSPS) is 22.2. The monoisotopic (exact) mass is 306 g/mol. The number of nitrogens with two attached hydrogens (primary N) is 1. The Hall–Kier alpha value is -1.22. The SMILES string of the molecule is NC1CN(c2ccccc2)CC1c1ccc(Cl)cc1Cl. The molecule has 1 fully saturated rings. The van der Waals surface area contributed by atoms with Crippen molar-refractivity contribution >= 4 is 28.9 Å². The third-order valence-corrected chi connectivity index (χ3v) is 4.41. The smallest absolute Gasteiger partial charge is 0.0456 e. The van der Waals surface area contributed by atoms with Crippen molar-refractivity contribution in [2.75, 3.05) is 18.0 Å². The summed E-state index contributed by atoms with van der Waals surface area (Å²) >= 11 is 12.3. The van der Waals surface area contributed by atoms with Crippen LogP contribution in [0.3, 0.4) is 0 Å². The van der Waals surface area contributed by atoms with E-state index in [2.05, 4.69) is 17.0 Å². The third-order valence-electron chi connectivity index (χ3n) is 3.85. The van der Waals surface area contributed by atoms with Gasteiger partial charge in [0.25, 0.3) is 0 Å². The van der Waals surface area contributed by atoms with Crippen LogP contribution < -0.4 is 10.6 Å². The molecule has 0 spiro atoms. The maximum Gasteiger partial charge on any atom is 0.0456 e. The molecule has 20 heavy (non-hydrogen) atoms. The molecule has 1 aliphatic rings. The zero-order valence-electron chi connectivity index (χ0n) is 11.0. The van der Waals surface area contributed by atoms with Gasteiger partial charge in [-0.25, -0.2) is 0 Å². The van der Waals surface area contributed by atoms with Gasteiger partial charge in [-0.15, -0.1) is 0 Å². The van der Waals surface area contributed by atoms with Gasteiger partial charge in [0.1, 0.15) is 0 Å². The zero-order chi connectivity index (χ0) is 14.1. The summed E-state index contributed by atoms with van der Waals surface area (Å²) < 4.78 is 0. The van der Waals surface area contributed by atoms with Crippen molar-refractivity contribution in [2.45, 2.75) is 12.0 Å². The summed E-state index contributed by atoms with van der Waals surface area (Å²) in [6.45, 7) is 1.72. The van der Waals surface area contributed by atoms with Gasteiger partial charge in [0, 0.05) is 40.8 Å². The highest BCUT2D eigenvalue weighted by atomic mass is 35.5. The molecule has 0 radical (unpaired) electrons. The Balaban J connectivity index is 1.85. The summed E-state index contributed by atoms with van der Waals surface area (Å²) in [6, 6.07) is 16.1. The summed E-state index contributed by atoms with van der Waals surface area (Å²) in [5, 5.41) is 1.36. The average Bonchev–Trinajstić information content (AvgIpc) is 2.82. The zero-order valence-corrected chi connectivity index (χ0v) is 12.5. The van der Waals surface area contributed by atoms with Crippen LogP contribution in [0, 0.1) is 0 Å². The van der Waals surface area contributed by atoms with E-state index < -0.39 is 0 Å². The van der Waals surface area contributed by atoms with Crippen molar-refractivity contribution in [1.29, 1.82) is 0 Å². The van der Waals surface area contributed by atoms with Gasteiger partial charge in [0.2, 0.25) is 0 Å². The van der Waals surface area contributed by atoms with E-state index >= 15 is 0 Å². The van der Waals surface area contributed by atoms with Crippen LogP contribution in [0.1, 0.15) is 11.5 Å². The molecule has 2 N–H and O–H groups in total. The highest BCUT2D eigenvalue weighted by molar-refractivity contribution is 6.35. The highest BCUT2D eigenvalue weighted by Crippen LogP contribution is 2.34. The van der Waals surface area contributed by atoms with Crippen LogP contribution >= 0.6 is 23.2 Å². The fraction of sp³-hybridized carbons (Fsp3) is 0.250. The largest absolute Gasteiger partial charge is 0.369 e. The molecule has 3 rings (SSSR count). The summed E-state index contributed by atoms with van der Waals surface area (Å²) in [4.78, 5) is 2.31. The molecule has 2 nitrogen and oxygen atoms in total. The van der Waals surface area contributed by atoms with Gasteiger partial charge in [-0.05, 0) is 29.8 Å². The molecule has 0 amide bonds. The molecule has 0 aromatic heterocycles. The number of rotatable bonds is 2. The van der Waals surface area contributed by atoms with Crippen LogP contribution in [0.2, 0.25) is 10.0 Å². The predicted molar refractivity (Wildman–Crippen MR) is 85.8 cm³/mol. The number of hydrogen-bond acceptors (Lipinski definition) is 2. The quantitative estimate of drug-likeness (QED) is 0.911. The average molecular weight is 307 g/mol. The van der Waals surface area contributed by atoms with E-state index in [0.717, 1.165) is 18.7 Å². The minimum atomic E-state index is 0.0777. The molecule has 0 aliphatic carbocycles. The van der Waals surface area contributed by atoms with Crippen LogP contribution in [0.25, 0.3) is 0 Å². The Kier molecular flexibility index (Phi) is 3.88. The van der Waals surface area contributed by atoms with Crippen molar-refractivity contribution in [3.8, 4) is 0 Å². The topological polar surface area (TPSA) is 29.3 Å². The first-order chi connectivity index (χ1) is 9.65. The van der Waals surface area contributed by atoms with Crippen LogP contribution in [0.5, 0.6) is 0 Å². The lowest BCUT2D eigenvalue weighted by molar-refractivity contribution is 0.654. The molecule has 2 aromatic carbocycles. The molecule has 2 atom stereocenters. The first-order valence-corrected chi connectivity index (χ1v) is 7.41. The van der Waals surface area contributed by atoms with Gasteiger partial charge in [-0.2, -0.15) is 0 Å². The number of nitrogens with zero attached hydrogens (tertiary/aromatic N) is 1. The number of halogens is 2. The van der Waals surface area contributed by atoms with Crippen molar-refractivity contribution in [2.24, 2.45) is 5.73 Å². The van der Waals surface area contributed by atoms with Crippen LogP contribution in [-0.4, -0.2) is 19.1 Å². The summed E-state index contributed by atoms with van der Waals surface area (Å²) in [7, 11) is 0. The van der Waals surface area contributed by atoms with E-state index in [9.17, 15) is 0 Å².